The highest BCUT2D eigenvalue weighted by atomic mass is 16.3. The highest BCUT2D eigenvalue weighted by Gasteiger charge is 2.27. The van der Waals surface area contributed by atoms with Crippen LogP contribution in [0.25, 0.3) is 0 Å². The normalized spacial score (nSPS) is 32.3. The number of aliphatic hydroxyl groups is 1. The lowest BCUT2D eigenvalue weighted by Gasteiger charge is -2.26. The fraction of sp³-hybridized carbons (Fsp3) is 0.909. The molecule has 0 bridgehead atoms. The third-order valence-corrected chi connectivity index (χ3v) is 3.23. The lowest BCUT2D eigenvalue weighted by atomic mass is 9.98. The molecule has 0 aromatic rings. The van der Waals surface area contributed by atoms with Crippen molar-refractivity contribution in [2.45, 2.75) is 51.7 Å². The molecule has 0 aliphatic carbocycles. The van der Waals surface area contributed by atoms with E-state index in [0.29, 0.717) is 0 Å². The van der Waals surface area contributed by atoms with Gasteiger partial charge in [-0.15, -0.1) is 0 Å². The maximum atomic E-state index is 11.2. The van der Waals surface area contributed by atoms with Gasteiger partial charge in [0.1, 0.15) is 5.78 Å². The molecule has 0 aromatic carbocycles. The summed E-state index contributed by atoms with van der Waals surface area (Å²) in [5.74, 6) is 0.214. The average Bonchev–Trinajstić information content (AvgIpc) is 2.25. The van der Waals surface area contributed by atoms with E-state index in [2.05, 4.69) is 4.90 Å². The Bertz CT molecular complexity index is 213. The van der Waals surface area contributed by atoms with Gasteiger partial charge in [0.2, 0.25) is 0 Å². The Morgan fingerprint density at radius 3 is 2.64 bits per heavy atom. The molecule has 2 unspecified atom stereocenters. The van der Waals surface area contributed by atoms with Crippen LogP contribution in [0.15, 0.2) is 0 Å². The van der Waals surface area contributed by atoms with Crippen molar-refractivity contribution in [3.8, 4) is 0 Å². The average molecular weight is 199 g/mol. The Kier molecular flexibility index (Phi) is 3.67. The van der Waals surface area contributed by atoms with E-state index >= 15 is 0 Å². The van der Waals surface area contributed by atoms with E-state index in [1.807, 2.05) is 13.8 Å². The van der Waals surface area contributed by atoms with Crippen molar-refractivity contribution in [1.29, 1.82) is 0 Å². The van der Waals surface area contributed by atoms with Gasteiger partial charge in [-0.2, -0.15) is 0 Å². The van der Waals surface area contributed by atoms with E-state index in [1.54, 1.807) is 6.92 Å². The Labute approximate surface area is 86.1 Å². The molecular weight excluding hydrogens is 178 g/mol. The van der Waals surface area contributed by atoms with Crippen LogP contribution in [0, 0.1) is 0 Å². The van der Waals surface area contributed by atoms with Gasteiger partial charge in [-0.3, -0.25) is 9.69 Å². The number of hydrogen-bond donors (Lipinski definition) is 1. The molecule has 1 rings (SSSR count). The van der Waals surface area contributed by atoms with Crippen LogP contribution in [0.4, 0.5) is 0 Å². The summed E-state index contributed by atoms with van der Waals surface area (Å²) < 4.78 is 0. The molecule has 82 valence electrons. The smallest absolute Gasteiger partial charge is 0.146 e. The van der Waals surface area contributed by atoms with Crippen molar-refractivity contribution in [3.05, 3.63) is 0 Å². The number of Topliss-reactive ketones (excluding diaryl/α,β-unsaturated/α-hetero) is 1. The van der Waals surface area contributed by atoms with Crippen molar-refractivity contribution in [2.75, 3.05) is 13.1 Å². The summed E-state index contributed by atoms with van der Waals surface area (Å²) in [6, 6.07) is 0.00361. The van der Waals surface area contributed by atoms with Crippen LogP contribution >= 0.6 is 0 Å². The lowest BCUT2D eigenvalue weighted by molar-refractivity contribution is -0.121. The Balaban J connectivity index is 2.54. The van der Waals surface area contributed by atoms with Gasteiger partial charge in [0.25, 0.3) is 0 Å². The second kappa shape index (κ2) is 4.41. The van der Waals surface area contributed by atoms with E-state index in [1.165, 1.54) is 0 Å². The van der Waals surface area contributed by atoms with Gasteiger partial charge in [0.05, 0.1) is 11.6 Å². The molecule has 1 aliphatic heterocycles. The van der Waals surface area contributed by atoms with Crippen LogP contribution in [0.2, 0.25) is 0 Å². The molecule has 3 nitrogen and oxygen atoms in total. The molecule has 0 saturated carbocycles. The molecule has 0 amide bonds. The zero-order valence-corrected chi connectivity index (χ0v) is 9.42. The molecule has 0 radical (unpaired) electrons. The highest BCUT2D eigenvalue weighted by molar-refractivity contribution is 5.80. The van der Waals surface area contributed by atoms with E-state index in [-0.39, 0.29) is 11.8 Å². The van der Waals surface area contributed by atoms with Crippen LogP contribution in [-0.2, 0) is 4.79 Å². The first kappa shape index (κ1) is 11.7. The quantitative estimate of drug-likeness (QED) is 0.726. The predicted octanol–water partition coefficient (Wildman–Crippen LogP) is 1.20. The van der Waals surface area contributed by atoms with E-state index < -0.39 is 5.60 Å². The highest BCUT2D eigenvalue weighted by Crippen LogP contribution is 2.22. The number of carbonyl (C=O) groups excluding carboxylic acids is 1. The standard InChI is InChI=1S/C11H21NO2/c1-9(10(2)13)12-7-4-5-11(3,14)6-8-12/h9,14H,4-8H2,1-3H3. The number of rotatable bonds is 2. The second-order valence-corrected chi connectivity index (χ2v) is 4.67. The summed E-state index contributed by atoms with van der Waals surface area (Å²) in [6.45, 7) is 7.22. The molecule has 1 heterocycles. The third kappa shape index (κ3) is 3.07. The molecule has 2 atom stereocenters. The molecule has 14 heavy (non-hydrogen) atoms. The van der Waals surface area contributed by atoms with Gasteiger partial charge in [-0.25, -0.2) is 0 Å². The summed E-state index contributed by atoms with van der Waals surface area (Å²) >= 11 is 0. The van der Waals surface area contributed by atoms with Crippen molar-refractivity contribution in [3.63, 3.8) is 0 Å². The number of carbonyl (C=O) groups is 1. The van der Waals surface area contributed by atoms with Crippen LogP contribution in [0.3, 0.4) is 0 Å². The number of hydrogen-bond acceptors (Lipinski definition) is 3. The van der Waals surface area contributed by atoms with Crippen molar-refractivity contribution in [2.24, 2.45) is 0 Å². The van der Waals surface area contributed by atoms with Gasteiger partial charge in [-0.05, 0) is 46.6 Å². The second-order valence-electron chi connectivity index (χ2n) is 4.67. The lowest BCUT2D eigenvalue weighted by Crippen LogP contribution is -2.39. The minimum atomic E-state index is -0.536. The minimum Gasteiger partial charge on any atom is -0.390 e. The molecule has 1 fully saturated rings. The molecule has 0 aromatic heterocycles. The summed E-state index contributed by atoms with van der Waals surface area (Å²) in [5.41, 5.74) is -0.536. The van der Waals surface area contributed by atoms with Crippen molar-refractivity contribution >= 4 is 5.78 Å². The summed E-state index contributed by atoms with van der Waals surface area (Å²) in [7, 11) is 0. The monoisotopic (exact) mass is 199 g/mol. The van der Waals surface area contributed by atoms with Gasteiger partial charge in [0, 0.05) is 6.54 Å². The van der Waals surface area contributed by atoms with E-state index in [4.69, 9.17) is 0 Å². The molecular formula is C11H21NO2. The largest absolute Gasteiger partial charge is 0.390 e. The van der Waals surface area contributed by atoms with Crippen LogP contribution in [-0.4, -0.2) is 40.5 Å². The molecule has 3 heteroatoms. The number of likely N-dealkylation sites (tertiary alicyclic amines) is 1. The first-order valence-electron chi connectivity index (χ1n) is 5.39. The SMILES string of the molecule is CC(=O)C(C)N1CCCC(C)(O)CC1. The summed E-state index contributed by atoms with van der Waals surface area (Å²) in [5, 5.41) is 9.88. The van der Waals surface area contributed by atoms with Crippen LogP contribution in [0.5, 0.6) is 0 Å². The van der Waals surface area contributed by atoms with Gasteiger partial charge in [0.15, 0.2) is 0 Å². The van der Waals surface area contributed by atoms with E-state index in [0.717, 1.165) is 32.4 Å². The zero-order valence-electron chi connectivity index (χ0n) is 9.42. The molecule has 1 saturated heterocycles. The maximum Gasteiger partial charge on any atom is 0.146 e. The maximum absolute atomic E-state index is 11.2. The van der Waals surface area contributed by atoms with Gasteiger partial charge in [-0.1, -0.05) is 0 Å². The molecule has 1 aliphatic rings. The Morgan fingerprint density at radius 1 is 1.43 bits per heavy atom. The first-order chi connectivity index (χ1) is 6.42. The summed E-state index contributed by atoms with van der Waals surface area (Å²) in [4.78, 5) is 13.4. The number of ketones is 1. The fourth-order valence-electron chi connectivity index (χ4n) is 1.93. The van der Waals surface area contributed by atoms with Gasteiger partial charge >= 0.3 is 0 Å². The Morgan fingerprint density at radius 2 is 2.07 bits per heavy atom. The number of nitrogens with zero attached hydrogens (tertiary/aromatic N) is 1. The van der Waals surface area contributed by atoms with Gasteiger partial charge < -0.3 is 5.11 Å². The first-order valence-corrected chi connectivity index (χ1v) is 5.39. The van der Waals surface area contributed by atoms with Crippen LogP contribution in [0.1, 0.15) is 40.0 Å². The Hall–Kier alpha value is -0.410. The van der Waals surface area contributed by atoms with Crippen LogP contribution < -0.4 is 0 Å². The third-order valence-electron chi connectivity index (χ3n) is 3.23. The van der Waals surface area contributed by atoms with E-state index in [9.17, 15) is 9.90 Å². The topological polar surface area (TPSA) is 40.5 Å². The van der Waals surface area contributed by atoms with Crippen molar-refractivity contribution < 1.29 is 9.90 Å². The fourth-order valence-corrected chi connectivity index (χ4v) is 1.93. The van der Waals surface area contributed by atoms with Crippen molar-refractivity contribution in [1.82, 2.24) is 4.90 Å². The molecule has 1 N–H and O–H groups in total. The minimum absolute atomic E-state index is 0.00361. The summed E-state index contributed by atoms with van der Waals surface area (Å²) in [6.07, 6.45) is 2.59. The molecule has 0 spiro atoms. The predicted molar refractivity (Wildman–Crippen MR) is 56.2 cm³/mol. The zero-order chi connectivity index (χ0) is 10.8.